The molecule has 0 saturated carbocycles. The van der Waals surface area contributed by atoms with Gasteiger partial charge in [-0.1, -0.05) is 91.0 Å². The lowest BCUT2D eigenvalue weighted by atomic mass is 9.96. The van der Waals surface area contributed by atoms with E-state index in [0.29, 0.717) is 26.2 Å². The molecule has 0 bridgehead atoms. The van der Waals surface area contributed by atoms with Crippen molar-refractivity contribution in [3.05, 3.63) is 114 Å². The lowest BCUT2D eigenvalue weighted by Gasteiger charge is -2.40. The monoisotopic (exact) mass is 513 g/mol. The van der Waals surface area contributed by atoms with Gasteiger partial charge in [-0.2, -0.15) is 4.72 Å². The van der Waals surface area contributed by atoms with Gasteiger partial charge in [-0.15, -0.1) is 0 Å². The second-order valence-electron chi connectivity index (χ2n) is 9.44. The number of fused-ring (bicyclic) bond motifs is 1. The average molecular weight is 514 g/mol. The maximum atomic E-state index is 13.2. The zero-order valence-electron chi connectivity index (χ0n) is 20.8. The molecule has 1 fully saturated rings. The predicted molar refractivity (Wildman–Crippen MR) is 147 cm³/mol. The molecule has 1 N–H and O–H groups in total. The molecule has 0 unspecified atom stereocenters. The van der Waals surface area contributed by atoms with Crippen molar-refractivity contribution in [1.29, 1.82) is 0 Å². The summed E-state index contributed by atoms with van der Waals surface area (Å²) in [4.78, 5) is 17.5. The molecule has 5 rings (SSSR count). The molecular weight excluding hydrogens is 482 g/mol. The number of benzene rings is 4. The first-order valence-corrected chi connectivity index (χ1v) is 14.0. The van der Waals surface area contributed by atoms with Crippen molar-refractivity contribution in [2.75, 3.05) is 26.2 Å². The number of carbonyl (C=O) groups excluding carboxylic acids is 1. The third-order valence-electron chi connectivity index (χ3n) is 6.96. The summed E-state index contributed by atoms with van der Waals surface area (Å²) in [6.45, 7) is 4.09. The van der Waals surface area contributed by atoms with Gasteiger partial charge in [-0.05, 0) is 41.0 Å². The van der Waals surface area contributed by atoms with Gasteiger partial charge in [0, 0.05) is 26.2 Å². The lowest BCUT2D eigenvalue weighted by molar-refractivity contribution is -0.134. The van der Waals surface area contributed by atoms with Crippen LogP contribution in [0.25, 0.3) is 10.8 Å². The van der Waals surface area contributed by atoms with Crippen LogP contribution in [0, 0.1) is 0 Å². The van der Waals surface area contributed by atoms with Crippen LogP contribution in [-0.2, 0) is 14.8 Å². The Labute approximate surface area is 218 Å². The number of rotatable bonds is 7. The summed E-state index contributed by atoms with van der Waals surface area (Å²) in [6, 6.07) is 32.6. The van der Waals surface area contributed by atoms with Gasteiger partial charge in [-0.25, -0.2) is 8.42 Å². The number of sulfonamides is 1. The van der Waals surface area contributed by atoms with E-state index < -0.39 is 16.1 Å². The van der Waals surface area contributed by atoms with Gasteiger partial charge in [0.25, 0.3) is 0 Å². The summed E-state index contributed by atoms with van der Waals surface area (Å²) in [5.74, 6) is -0.208. The molecule has 1 atom stereocenters. The van der Waals surface area contributed by atoms with Crippen molar-refractivity contribution in [2.45, 2.75) is 23.9 Å². The molecule has 6 nitrogen and oxygen atoms in total. The fourth-order valence-electron chi connectivity index (χ4n) is 5.04. The van der Waals surface area contributed by atoms with Crippen LogP contribution in [0.15, 0.2) is 108 Å². The van der Waals surface area contributed by atoms with Gasteiger partial charge >= 0.3 is 0 Å². The molecule has 0 radical (unpaired) electrons. The van der Waals surface area contributed by atoms with E-state index in [0.717, 1.165) is 10.8 Å². The normalized spacial score (nSPS) is 15.7. The van der Waals surface area contributed by atoms with Crippen LogP contribution in [0.5, 0.6) is 0 Å². The van der Waals surface area contributed by atoms with E-state index in [-0.39, 0.29) is 16.8 Å². The first-order chi connectivity index (χ1) is 17.9. The maximum absolute atomic E-state index is 13.2. The van der Waals surface area contributed by atoms with E-state index in [1.54, 1.807) is 30.0 Å². The fraction of sp³-hybridized carbons (Fsp3) is 0.233. The average Bonchev–Trinajstić information content (AvgIpc) is 2.94. The Kier molecular flexibility index (Phi) is 7.37. The molecule has 1 aliphatic heterocycles. The Morgan fingerprint density at radius 2 is 1.27 bits per heavy atom. The molecule has 37 heavy (non-hydrogen) atoms. The van der Waals surface area contributed by atoms with E-state index in [1.807, 2.05) is 60.7 Å². The number of hydrogen-bond acceptors (Lipinski definition) is 4. The number of amides is 1. The summed E-state index contributed by atoms with van der Waals surface area (Å²) >= 11 is 0. The molecule has 190 valence electrons. The van der Waals surface area contributed by atoms with Gasteiger partial charge in [0.2, 0.25) is 15.9 Å². The van der Waals surface area contributed by atoms with Gasteiger partial charge in [0.15, 0.2) is 0 Å². The minimum Gasteiger partial charge on any atom is -0.339 e. The first kappa shape index (κ1) is 25.1. The quantitative estimate of drug-likeness (QED) is 0.397. The molecule has 1 amide bonds. The minimum absolute atomic E-state index is 0.100. The molecule has 0 aliphatic carbocycles. The minimum atomic E-state index is -3.84. The Balaban J connectivity index is 1.25. The lowest BCUT2D eigenvalue weighted by Crippen LogP contribution is -2.54. The molecule has 1 aliphatic rings. The Bertz CT molecular complexity index is 1430. The van der Waals surface area contributed by atoms with Gasteiger partial charge in [0.1, 0.15) is 0 Å². The largest absolute Gasteiger partial charge is 0.339 e. The summed E-state index contributed by atoms with van der Waals surface area (Å²) in [7, 11) is -3.84. The van der Waals surface area contributed by atoms with E-state index in [9.17, 15) is 13.2 Å². The summed E-state index contributed by atoms with van der Waals surface area (Å²) < 4.78 is 28.7. The third kappa shape index (κ3) is 5.59. The van der Waals surface area contributed by atoms with E-state index in [2.05, 4.69) is 33.9 Å². The summed E-state index contributed by atoms with van der Waals surface area (Å²) in [6.07, 6.45) is 0. The van der Waals surface area contributed by atoms with Crippen molar-refractivity contribution >= 4 is 26.7 Å². The standard InChI is InChI=1S/C30H31N3O3S/c1-23(31-37(35,36)28-17-16-24-10-8-9-15-27(24)22-28)30(34)33-20-18-32(19-21-33)29(25-11-4-2-5-12-25)26-13-6-3-7-14-26/h2-17,22-23,29,31H,18-21H2,1H3/t23-/m0/s1. The highest BCUT2D eigenvalue weighted by Crippen LogP contribution is 2.29. The number of hydrogen-bond donors (Lipinski definition) is 1. The first-order valence-electron chi connectivity index (χ1n) is 12.6. The Morgan fingerprint density at radius 3 is 1.86 bits per heavy atom. The van der Waals surface area contributed by atoms with Crippen molar-refractivity contribution in [3.63, 3.8) is 0 Å². The topological polar surface area (TPSA) is 69.7 Å². The van der Waals surface area contributed by atoms with Crippen LogP contribution in [0.2, 0.25) is 0 Å². The predicted octanol–water partition coefficient (Wildman–Crippen LogP) is 4.44. The maximum Gasteiger partial charge on any atom is 0.241 e. The molecule has 1 heterocycles. The van der Waals surface area contributed by atoms with Crippen molar-refractivity contribution in [3.8, 4) is 0 Å². The number of nitrogens with one attached hydrogen (secondary N) is 1. The van der Waals surface area contributed by atoms with E-state index in [4.69, 9.17) is 0 Å². The molecular formula is C30H31N3O3S. The molecule has 0 aromatic heterocycles. The molecule has 4 aromatic carbocycles. The SMILES string of the molecule is C[C@H](NS(=O)(=O)c1ccc2ccccc2c1)C(=O)N1CCN(C(c2ccccc2)c2ccccc2)CC1. The van der Waals surface area contributed by atoms with Crippen molar-refractivity contribution in [1.82, 2.24) is 14.5 Å². The highest BCUT2D eigenvalue weighted by atomic mass is 32.2. The van der Waals surface area contributed by atoms with Gasteiger partial charge in [-0.3, -0.25) is 9.69 Å². The third-order valence-corrected chi connectivity index (χ3v) is 8.49. The number of carbonyl (C=O) groups is 1. The van der Waals surface area contributed by atoms with Crippen molar-refractivity contribution in [2.24, 2.45) is 0 Å². The number of piperazine rings is 1. The molecule has 7 heteroatoms. The number of nitrogens with zero attached hydrogens (tertiary/aromatic N) is 2. The van der Waals surface area contributed by atoms with E-state index >= 15 is 0 Å². The van der Waals surface area contributed by atoms with Crippen LogP contribution < -0.4 is 4.72 Å². The fourth-order valence-corrected chi connectivity index (χ4v) is 6.28. The summed E-state index contributed by atoms with van der Waals surface area (Å²) in [5, 5.41) is 1.81. The van der Waals surface area contributed by atoms with E-state index in [1.165, 1.54) is 11.1 Å². The van der Waals surface area contributed by atoms with Crippen LogP contribution in [0.1, 0.15) is 24.1 Å². The smallest absolute Gasteiger partial charge is 0.241 e. The second-order valence-corrected chi connectivity index (χ2v) is 11.2. The zero-order valence-corrected chi connectivity index (χ0v) is 21.6. The Hall–Kier alpha value is -3.52. The van der Waals surface area contributed by atoms with Crippen LogP contribution in [-0.4, -0.2) is 56.3 Å². The highest BCUT2D eigenvalue weighted by molar-refractivity contribution is 7.89. The zero-order chi connectivity index (χ0) is 25.8. The van der Waals surface area contributed by atoms with Crippen LogP contribution in [0.4, 0.5) is 0 Å². The van der Waals surface area contributed by atoms with Gasteiger partial charge in [0.05, 0.1) is 17.0 Å². The molecule has 1 saturated heterocycles. The summed E-state index contributed by atoms with van der Waals surface area (Å²) in [5.41, 5.74) is 2.43. The van der Waals surface area contributed by atoms with Gasteiger partial charge < -0.3 is 4.90 Å². The van der Waals surface area contributed by atoms with Crippen molar-refractivity contribution < 1.29 is 13.2 Å². The molecule has 0 spiro atoms. The van der Waals surface area contributed by atoms with Crippen LogP contribution in [0.3, 0.4) is 0 Å². The highest BCUT2D eigenvalue weighted by Gasteiger charge is 2.31. The van der Waals surface area contributed by atoms with Crippen LogP contribution >= 0.6 is 0 Å². The second kappa shape index (κ2) is 10.8. The molecule has 4 aromatic rings. The Morgan fingerprint density at radius 1 is 0.730 bits per heavy atom.